The highest BCUT2D eigenvalue weighted by atomic mass is 35.5. The van der Waals surface area contributed by atoms with Gasteiger partial charge in [0, 0.05) is 0 Å². The van der Waals surface area contributed by atoms with Gasteiger partial charge in [0.2, 0.25) is 3.67 Å². The number of halogens is 4. The molecule has 0 unspecified atom stereocenters. The first kappa shape index (κ1) is 17.8. The highest BCUT2D eigenvalue weighted by Crippen LogP contribution is 2.45. The third kappa shape index (κ3) is 3.68. The first-order valence-electron chi connectivity index (χ1n) is 5.90. The number of methoxy groups -OCH3 is 1. The van der Waals surface area contributed by atoms with Crippen LogP contribution < -0.4 is 9.64 Å². The molecule has 1 aromatic rings. The van der Waals surface area contributed by atoms with Crippen molar-refractivity contribution in [3.05, 3.63) is 24.3 Å². The molecule has 1 aliphatic heterocycles. The van der Waals surface area contributed by atoms with Crippen molar-refractivity contribution in [3.8, 4) is 5.75 Å². The van der Waals surface area contributed by atoms with Crippen LogP contribution in [0.5, 0.6) is 5.75 Å². The summed E-state index contributed by atoms with van der Waals surface area (Å²) >= 11 is 23.8. The van der Waals surface area contributed by atoms with Gasteiger partial charge in [0.05, 0.1) is 12.8 Å². The minimum atomic E-state index is -1.64. The van der Waals surface area contributed by atoms with Gasteiger partial charge in [0.1, 0.15) is 12.3 Å². The van der Waals surface area contributed by atoms with Gasteiger partial charge in [-0.25, -0.2) is 9.69 Å². The van der Waals surface area contributed by atoms with Crippen LogP contribution in [0.15, 0.2) is 24.3 Å². The summed E-state index contributed by atoms with van der Waals surface area (Å²) < 4.78 is 4.50. The summed E-state index contributed by atoms with van der Waals surface area (Å²) in [6.07, 6.45) is 0. The van der Waals surface area contributed by atoms with Crippen LogP contribution >= 0.6 is 58.4 Å². The number of amides is 3. The number of anilines is 1. The summed E-state index contributed by atoms with van der Waals surface area (Å²) in [5, 5.41) is 0. The van der Waals surface area contributed by atoms with E-state index in [2.05, 4.69) is 0 Å². The molecule has 0 aliphatic carbocycles. The zero-order valence-corrected chi connectivity index (χ0v) is 15.0. The topological polar surface area (TPSA) is 49.9 Å². The second-order valence-corrected chi connectivity index (χ2v) is 8.40. The van der Waals surface area contributed by atoms with Crippen LogP contribution in [0, 0.1) is 0 Å². The number of alkyl halides is 4. The van der Waals surface area contributed by atoms with Crippen molar-refractivity contribution < 1.29 is 14.3 Å². The Labute approximate surface area is 151 Å². The standard InChI is InChI=1S/C12H10Cl4N2O3S/c1-21-8-4-2-7(3-5-8)18-9(19)6-17(11(18)20)22-12(15,16)10(13)14/h2-5,10H,6H2,1H3. The van der Waals surface area contributed by atoms with Gasteiger partial charge in [0.25, 0.3) is 5.91 Å². The van der Waals surface area contributed by atoms with Crippen LogP contribution in [0.25, 0.3) is 0 Å². The molecule has 0 saturated carbocycles. The largest absolute Gasteiger partial charge is 0.497 e. The Balaban J connectivity index is 2.18. The van der Waals surface area contributed by atoms with Crippen molar-refractivity contribution in [1.82, 2.24) is 4.31 Å². The highest BCUT2D eigenvalue weighted by molar-refractivity contribution is 8.01. The van der Waals surface area contributed by atoms with Crippen LogP contribution in [-0.4, -0.2) is 38.4 Å². The molecule has 0 radical (unpaired) electrons. The Morgan fingerprint density at radius 2 is 1.82 bits per heavy atom. The van der Waals surface area contributed by atoms with Gasteiger partial charge in [-0.2, -0.15) is 0 Å². The molecule has 0 spiro atoms. The summed E-state index contributed by atoms with van der Waals surface area (Å²) in [4.78, 5) is 24.3. The molecule has 120 valence electrons. The molecular formula is C12H10Cl4N2O3S. The van der Waals surface area contributed by atoms with Crippen molar-refractivity contribution in [3.63, 3.8) is 0 Å². The number of rotatable bonds is 5. The Hall–Kier alpha value is -0.530. The first-order valence-corrected chi connectivity index (χ1v) is 8.30. The molecule has 1 fully saturated rings. The third-order valence-corrected chi connectivity index (χ3v) is 5.94. The number of carbonyl (C=O) groups is 2. The smallest absolute Gasteiger partial charge is 0.341 e. The fourth-order valence-electron chi connectivity index (χ4n) is 1.72. The molecule has 0 aromatic heterocycles. The summed E-state index contributed by atoms with van der Waals surface area (Å²) in [5.41, 5.74) is 0.418. The van der Waals surface area contributed by atoms with Gasteiger partial charge in [-0.1, -0.05) is 23.2 Å². The predicted octanol–water partition coefficient (Wildman–Crippen LogP) is 4.05. The van der Waals surface area contributed by atoms with Gasteiger partial charge in [0.15, 0.2) is 4.84 Å². The van der Waals surface area contributed by atoms with E-state index in [1.54, 1.807) is 24.3 Å². The van der Waals surface area contributed by atoms with E-state index in [0.29, 0.717) is 23.4 Å². The first-order chi connectivity index (χ1) is 10.3. The fourth-order valence-corrected chi connectivity index (χ4v) is 3.17. The average Bonchev–Trinajstić information content (AvgIpc) is 2.73. The van der Waals surface area contributed by atoms with Gasteiger partial charge in [-0.3, -0.25) is 9.10 Å². The summed E-state index contributed by atoms with van der Waals surface area (Å²) in [5.74, 6) is 0.203. The molecule has 1 saturated heterocycles. The fraction of sp³-hybridized carbons (Fsp3) is 0.333. The van der Waals surface area contributed by atoms with Crippen molar-refractivity contribution in [2.45, 2.75) is 8.50 Å². The SMILES string of the molecule is COc1ccc(N2C(=O)CN(SC(Cl)(Cl)C(Cl)Cl)C2=O)cc1. The number of hydrogen-bond donors (Lipinski definition) is 0. The zero-order valence-electron chi connectivity index (χ0n) is 11.1. The van der Waals surface area contributed by atoms with E-state index < -0.39 is 20.4 Å². The van der Waals surface area contributed by atoms with E-state index in [-0.39, 0.29) is 6.54 Å². The van der Waals surface area contributed by atoms with E-state index >= 15 is 0 Å². The molecule has 2 rings (SSSR count). The molecule has 0 bridgehead atoms. The van der Waals surface area contributed by atoms with Gasteiger partial charge >= 0.3 is 6.03 Å². The van der Waals surface area contributed by atoms with E-state index in [1.807, 2.05) is 0 Å². The van der Waals surface area contributed by atoms with Crippen molar-refractivity contribution >= 4 is 76.0 Å². The molecule has 0 atom stereocenters. The Morgan fingerprint density at radius 1 is 1.23 bits per heavy atom. The molecule has 22 heavy (non-hydrogen) atoms. The van der Waals surface area contributed by atoms with Crippen LogP contribution in [0.2, 0.25) is 0 Å². The summed E-state index contributed by atoms with van der Waals surface area (Å²) in [7, 11) is 1.52. The Kier molecular flexibility index (Phi) is 5.61. The number of imide groups is 1. The maximum Gasteiger partial charge on any atom is 0.341 e. The molecule has 10 heteroatoms. The van der Waals surface area contributed by atoms with Gasteiger partial charge in [-0.15, -0.1) is 23.2 Å². The lowest BCUT2D eigenvalue weighted by Crippen LogP contribution is -2.33. The van der Waals surface area contributed by atoms with Crippen molar-refractivity contribution in [1.29, 1.82) is 0 Å². The Morgan fingerprint density at radius 3 is 2.32 bits per heavy atom. The van der Waals surface area contributed by atoms with Gasteiger partial charge in [-0.05, 0) is 36.2 Å². The monoisotopic (exact) mass is 402 g/mol. The average molecular weight is 404 g/mol. The maximum absolute atomic E-state index is 12.3. The van der Waals surface area contributed by atoms with E-state index in [1.165, 1.54) is 7.11 Å². The van der Waals surface area contributed by atoms with Crippen molar-refractivity contribution in [2.24, 2.45) is 0 Å². The normalized spacial score (nSPS) is 15.9. The van der Waals surface area contributed by atoms with Crippen molar-refractivity contribution in [2.75, 3.05) is 18.6 Å². The molecule has 3 amide bonds. The molecule has 0 N–H and O–H groups in total. The molecular weight excluding hydrogens is 394 g/mol. The minimum absolute atomic E-state index is 0.183. The van der Waals surface area contributed by atoms with Crippen LogP contribution in [0.4, 0.5) is 10.5 Å². The lowest BCUT2D eigenvalue weighted by Gasteiger charge is -2.24. The van der Waals surface area contributed by atoms with Crippen LogP contribution in [0.1, 0.15) is 0 Å². The zero-order chi connectivity index (χ0) is 16.5. The van der Waals surface area contributed by atoms with E-state index in [4.69, 9.17) is 51.1 Å². The molecule has 5 nitrogen and oxygen atoms in total. The predicted molar refractivity (Wildman–Crippen MR) is 90.1 cm³/mol. The molecule has 1 aliphatic rings. The number of ether oxygens (including phenoxy) is 1. The lowest BCUT2D eigenvalue weighted by atomic mass is 10.3. The maximum atomic E-state index is 12.3. The minimum Gasteiger partial charge on any atom is -0.497 e. The number of benzene rings is 1. The second kappa shape index (κ2) is 6.93. The Bertz CT molecular complexity index is 582. The second-order valence-electron chi connectivity index (χ2n) is 4.20. The lowest BCUT2D eigenvalue weighted by molar-refractivity contribution is -0.116. The van der Waals surface area contributed by atoms with E-state index in [0.717, 1.165) is 9.21 Å². The molecule has 1 heterocycles. The van der Waals surface area contributed by atoms with Crippen LogP contribution in [0.3, 0.4) is 0 Å². The number of carbonyl (C=O) groups excluding carboxylic acids is 2. The van der Waals surface area contributed by atoms with Crippen LogP contribution in [-0.2, 0) is 4.79 Å². The quantitative estimate of drug-likeness (QED) is 0.422. The summed E-state index contributed by atoms with van der Waals surface area (Å²) in [6, 6.07) is 5.92. The van der Waals surface area contributed by atoms with E-state index in [9.17, 15) is 9.59 Å². The summed E-state index contributed by atoms with van der Waals surface area (Å²) in [6.45, 7) is -0.183. The third-order valence-electron chi connectivity index (χ3n) is 2.75. The number of hydrogen-bond acceptors (Lipinski definition) is 4. The number of nitrogens with zero attached hydrogens (tertiary/aromatic N) is 2. The number of urea groups is 1. The highest BCUT2D eigenvalue weighted by Gasteiger charge is 2.44. The van der Waals surface area contributed by atoms with Gasteiger partial charge < -0.3 is 4.74 Å². The molecule has 1 aromatic carbocycles.